The molecule has 0 unspecified atom stereocenters. The average Bonchev–Trinajstić information content (AvgIpc) is 2.19. The minimum atomic E-state index is -0.420. The van der Waals surface area contributed by atoms with Crippen LogP contribution >= 0.6 is 22.6 Å². The first-order valence-electron chi connectivity index (χ1n) is 4.73. The van der Waals surface area contributed by atoms with E-state index in [4.69, 9.17) is 0 Å². The highest BCUT2D eigenvalue weighted by atomic mass is 127. The summed E-state index contributed by atoms with van der Waals surface area (Å²) >= 11 is 2.13. The monoisotopic (exact) mass is 320 g/mol. The third-order valence-electron chi connectivity index (χ3n) is 2.05. The number of hydrogen-bond acceptors (Lipinski definition) is 2. The van der Waals surface area contributed by atoms with Gasteiger partial charge in [-0.2, -0.15) is 4.39 Å². The molecule has 1 aromatic rings. The highest BCUT2D eigenvalue weighted by Crippen LogP contribution is 2.13. The van der Waals surface area contributed by atoms with Crippen LogP contribution in [0.5, 0.6) is 0 Å². The van der Waals surface area contributed by atoms with Gasteiger partial charge in [0.2, 0.25) is 5.95 Å². The predicted molar refractivity (Wildman–Crippen MR) is 68.1 cm³/mol. The second-order valence-corrected chi connectivity index (χ2v) is 4.58. The van der Waals surface area contributed by atoms with Crippen LogP contribution in [0.15, 0.2) is 24.9 Å². The lowest BCUT2D eigenvalue weighted by Gasteiger charge is -2.16. The lowest BCUT2D eigenvalue weighted by atomic mass is 10.2. The Bertz CT molecular complexity index is 341. The van der Waals surface area contributed by atoms with Crippen molar-refractivity contribution in [2.24, 2.45) is 0 Å². The van der Waals surface area contributed by atoms with Crippen molar-refractivity contribution < 1.29 is 4.39 Å². The first kappa shape index (κ1) is 12.6. The molecule has 0 spiro atoms. The quantitative estimate of drug-likeness (QED) is 0.471. The summed E-state index contributed by atoms with van der Waals surface area (Å²) in [5, 5.41) is 0. The van der Waals surface area contributed by atoms with Crippen LogP contribution in [-0.4, -0.2) is 23.5 Å². The van der Waals surface area contributed by atoms with Crippen molar-refractivity contribution in [3.05, 3.63) is 40.0 Å². The summed E-state index contributed by atoms with van der Waals surface area (Å²) in [4.78, 5) is 5.82. The molecule has 0 aliphatic carbocycles. The summed E-state index contributed by atoms with van der Waals surface area (Å²) in [6, 6.07) is 1.46. The van der Waals surface area contributed by atoms with Gasteiger partial charge < -0.3 is 4.90 Å². The van der Waals surface area contributed by atoms with Crippen molar-refractivity contribution in [3.63, 3.8) is 0 Å². The van der Waals surface area contributed by atoms with Crippen LogP contribution in [0.4, 0.5) is 4.39 Å². The number of nitrogens with zero attached hydrogens (tertiary/aromatic N) is 2. The normalized spacial score (nSPS) is 10.7. The van der Waals surface area contributed by atoms with Crippen LogP contribution in [0.3, 0.4) is 0 Å². The molecule has 0 saturated heterocycles. The zero-order chi connectivity index (χ0) is 11.3. The topological polar surface area (TPSA) is 16.1 Å². The Morgan fingerprint density at radius 3 is 3.00 bits per heavy atom. The molecule has 0 fully saturated rings. The van der Waals surface area contributed by atoms with Crippen molar-refractivity contribution in [2.45, 2.75) is 13.0 Å². The Kier molecular flexibility index (Phi) is 5.17. The van der Waals surface area contributed by atoms with E-state index in [0.717, 1.165) is 28.6 Å². The molecule has 2 nitrogen and oxygen atoms in total. The van der Waals surface area contributed by atoms with Gasteiger partial charge in [-0.15, -0.1) is 6.58 Å². The summed E-state index contributed by atoms with van der Waals surface area (Å²) in [6.07, 6.45) is 4.45. The van der Waals surface area contributed by atoms with Gasteiger partial charge in [0.15, 0.2) is 0 Å². The van der Waals surface area contributed by atoms with Crippen LogP contribution in [0.25, 0.3) is 0 Å². The Morgan fingerprint density at radius 2 is 2.40 bits per heavy atom. The fourth-order valence-corrected chi connectivity index (χ4v) is 1.80. The van der Waals surface area contributed by atoms with E-state index < -0.39 is 5.95 Å². The molecule has 15 heavy (non-hydrogen) atoms. The molecule has 0 amide bonds. The minimum absolute atomic E-state index is 0.420. The molecular formula is C11H14FIN2. The predicted octanol–water partition coefficient (Wildman–Crippen LogP) is 2.83. The first-order valence-corrected chi connectivity index (χ1v) is 5.80. The van der Waals surface area contributed by atoms with Crippen LogP contribution in [0, 0.1) is 9.52 Å². The van der Waals surface area contributed by atoms with Gasteiger partial charge in [0.25, 0.3) is 0 Å². The van der Waals surface area contributed by atoms with Gasteiger partial charge in [-0.3, -0.25) is 0 Å². The molecule has 0 radical (unpaired) electrons. The zero-order valence-electron chi connectivity index (χ0n) is 8.71. The molecule has 4 heteroatoms. The lowest BCUT2D eigenvalue weighted by molar-refractivity contribution is 0.332. The van der Waals surface area contributed by atoms with Gasteiger partial charge in [-0.1, -0.05) is 6.08 Å². The van der Waals surface area contributed by atoms with Gasteiger partial charge in [0.1, 0.15) is 0 Å². The Labute approximate surface area is 103 Å². The van der Waals surface area contributed by atoms with Gasteiger partial charge in [0, 0.05) is 28.9 Å². The summed E-state index contributed by atoms with van der Waals surface area (Å²) in [7, 11) is 2.03. The third-order valence-corrected chi connectivity index (χ3v) is 3.06. The largest absolute Gasteiger partial charge is 0.302 e. The summed E-state index contributed by atoms with van der Waals surface area (Å²) in [6.45, 7) is 5.43. The van der Waals surface area contributed by atoms with Gasteiger partial charge in [-0.25, -0.2) is 4.98 Å². The molecule has 0 N–H and O–H groups in total. The van der Waals surface area contributed by atoms with E-state index in [1.165, 1.54) is 6.07 Å². The third kappa shape index (κ3) is 4.25. The molecular weight excluding hydrogens is 306 g/mol. The molecule has 1 heterocycles. The van der Waals surface area contributed by atoms with E-state index in [1.807, 2.05) is 13.1 Å². The Hall–Kier alpha value is -0.490. The van der Waals surface area contributed by atoms with E-state index in [1.54, 1.807) is 6.20 Å². The van der Waals surface area contributed by atoms with Crippen LogP contribution < -0.4 is 0 Å². The first-order chi connectivity index (χ1) is 7.13. The molecule has 0 atom stereocenters. The second kappa shape index (κ2) is 6.17. The standard InChI is InChI=1S/C11H14FIN2/c1-3-4-5-15(2)8-9-7-14-11(12)6-10(9)13/h3,6-7H,1,4-5,8H2,2H3. The molecule has 0 aromatic carbocycles. The number of pyridine rings is 1. The number of rotatable bonds is 5. The molecule has 82 valence electrons. The van der Waals surface area contributed by atoms with E-state index in [0.29, 0.717) is 0 Å². The van der Waals surface area contributed by atoms with E-state index in [9.17, 15) is 4.39 Å². The van der Waals surface area contributed by atoms with Crippen LogP contribution in [-0.2, 0) is 6.54 Å². The minimum Gasteiger partial charge on any atom is -0.302 e. The summed E-state index contributed by atoms with van der Waals surface area (Å²) in [5.74, 6) is -0.420. The maximum Gasteiger partial charge on any atom is 0.213 e. The number of aromatic nitrogens is 1. The van der Waals surface area contributed by atoms with Crippen molar-refractivity contribution in [1.82, 2.24) is 9.88 Å². The summed E-state index contributed by atoms with van der Waals surface area (Å²) in [5.41, 5.74) is 1.06. The second-order valence-electron chi connectivity index (χ2n) is 3.41. The van der Waals surface area contributed by atoms with Crippen molar-refractivity contribution in [3.8, 4) is 0 Å². The number of halogens is 2. The van der Waals surface area contributed by atoms with E-state index >= 15 is 0 Å². The van der Waals surface area contributed by atoms with Gasteiger partial charge in [0.05, 0.1) is 0 Å². The molecule has 0 aliphatic rings. The smallest absolute Gasteiger partial charge is 0.213 e. The van der Waals surface area contributed by atoms with E-state index in [2.05, 4.69) is 39.1 Å². The average molecular weight is 320 g/mol. The van der Waals surface area contributed by atoms with Crippen LogP contribution in [0.2, 0.25) is 0 Å². The van der Waals surface area contributed by atoms with Gasteiger partial charge >= 0.3 is 0 Å². The Balaban J connectivity index is 2.59. The Morgan fingerprint density at radius 1 is 1.67 bits per heavy atom. The maximum absolute atomic E-state index is 12.7. The lowest BCUT2D eigenvalue weighted by Crippen LogP contribution is -2.19. The fourth-order valence-electron chi connectivity index (χ4n) is 1.23. The number of hydrogen-bond donors (Lipinski definition) is 0. The van der Waals surface area contributed by atoms with Gasteiger partial charge in [-0.05, 0) is 41.6 Å². The molecule has 0 aliphatic heterocycles. The van der Waals surface area contributed by atoms with E-state index in [-0.39, 0.29) is 0 Å². The highest BCUT2D eigenvalue weighted by molar-refractivity contribution is 14.1. The van der Waals surface area contributed by atoms with Crippen molar-refractivity contribution >= 4 is 22.6 Å². The maximum atomic E-state index is 12.7. The SMILES string of the molecule is C=CCCN(C)Cc1cnc(F)cc1I. The highest BCUT2D eigenvalue weighted by Gasteiger charge is 2.05. The fraction of sp³-hybridized carbons (Fsp3) is 0.364. The molecule has 0 bridgehead atoms. The molecule has 0 saturated carbocycles. The van der Waals surface area contributed by atoms with Crippen molar-refractivity contribution in [1.29, 1.82) is 0 Å². The molecule has 1 rings (SSSR count). The van der Waals surface area contributed by atoms with Crippen LogP contribution in [0.1, 0.15) is 12.0 Å². The van der Waals surface area contributed by atoms with Crippen molar-refractivity contribution in [2.75, 3.05) is 13.6 Å². The summed E-state index contributed by atoms with van der Waals surface area (Å²) < 4.78 is 13.7. The molecule has 1 aromatic heterocycles. The zero-order valence-corrected chi connectivity index (χ0v) is 10.9.